The lowest BCUT2D eigenvalue weighted by molar-refractivity contribution is -0.220. The molecule has 6 unspecified atom stereocenters. The Morgan fingerprint density at radius 3 is 1.50 bits per heavy atom. The van der Waals surface area contributed by atoms with E-state index in [4.69, 9.17) is 18.5 Å². The van der Waals surface area contributed by atoms with Crippen molar-refractivity contribution in [3.63, 3.8) is 0 Å². The predicted molar refractivity (Wildman–Crippen MR) is 230 cm³/mol. The second kappa shape index (κ2) is 36.2. The number of esters is 1. The van der Waals surface area contributed by atoms with Crippen molar-refractivity contribution in [1.82, 2.24) is 0 Å². The first-order valence-electron chi connectivity index (χ1n) is 22.8. The number of allylic oxidation sites excluding steroid dienone is 6. The highest BCUT2D eigenvalue weighted by atomic mass is 31.2. The fourth-order valence-corrected chi connectivity index (χ4v) is 7.76. The van der Waals surface area contributed by atoms with Crippen molar-refractivity contribution in [1.29, 1.82) is 0 Å². The van der Waals surface area contributed by atoms with Gasteiger partial charge in [-0.3, -0.25) is 13.8 Å². The van der Waals surface area contributed by atoms with Crippen LogP contribution in [0.4, 0.5) is 0 Å². The molecule has 0 heterocycles. The van der Waals surface area contributed by atoms with E-state index in [0.717, 1.165) is 70.6 Å². The molecule has 6 N–H and O–H groups in total. The summed E-state index contributed by atoms with van der Waals surface area (Å²) in [5, 5.41) is 50.1. The van der Waals surface area contributed by atoms with Gasteiger partial charge in [-0.25, -0.2) is 4.57 Å². The molecule has 0 aliphatic heterocycles. The molecule has 1 saturated carbocycles. The third kappa shape index (κ3) is 28.2. The van der Waals surface area contributed by atoms with Crippen LogP contribution in [0.1, 0.15) is 181 Å². The zero-order chi connectivity index (χ0) is 42.7. The molecule has 0 aromatic heterocycles. The van der Waals surface area contributed by atoms with Crippen LogP contribution in [0.3, 0.4) is 0 Å². The molecule has 0 radical (unpaired) electrons. The van der Waals surface area contributed by atoms with Crippen molar-refractivity contribution in [3.05, 3.63) is 36.5 Å². The normalized spacial score (nSPS) is 23.0. The minimum absolute atomic E-state index is 0.0836. The van der Waals surface area contributed by atoms with E-state index in [-0.39, 0.29) is 13.0 Å². The largest absolute Gasteiger partial charge is 0.472 e. The van der Waals surface area contributed by atoms with Gasteiger partial charge in [0.2, 0.25) is 0 Å². The first-order valence-corrected chi connectivity index (χ1v) is 24.3. The lowest BCUT2D eigenvalue weighted by Crippen LogP contribution is -2.64. The minimum Gasteiger partial charge on any atom is -0.457 e. The summed E-state index contributed by atoms with van der Waals surface area (Å²) in [5.41, 5.74) is 0. The monoisotopic (exact) mass is 847 g/mol. The molecule has 58 heavy (non-hydrogen) atoms. The summed E-state index contributed by atoms with van der Waals surface area (Å²) in [5.74, 6) is -0.488. The number of carbonyl (C=O) groups is 1. The van der Waals surface area contributed by atoms with E-state index in [1.54, 1.807) is 0 Å². The molecule has 340 valence electrons. The van der Waals surface area contributed by atoms with Crippen LogP contribution in [-0.2, 0) is 27.9 Å². The Labute approximate surface area is 351 Å². The summed E-state index contributed by atoms with van der Waals surface area (Å²) in [4.78, 5) is 23.1. The number of hydrogen-bond acceptors (Lipinski definition) is 11. The lowest BCUT2D eigenvalue weighted by Gasteiger charge is -2.41. The van der Waals surface area contributed by atoms with E-state index in [2.05, 4.69) is 50.3 Å². The molecule has 0 bridgehead atoms. The fourth-order valence-electron chi connectivity index (χ4n) is 6.79. The van der Waals surface area contributed by atoms with E-state index in [0.29, 0.717) is 13.0 Å². The number of carbonyl (C=O) groups excluding carboxylic acids is 1. The van der Waals surface area contributed by atoms with Crippen LogP contribution in [0.25, 0.3) is 0 Å². The number of phosphoric ester groups is 1. The maximum Gasteiger partial charge on any atom is 0.472 e. The average Bonchev–Trinajstić information content (AvgIpc) is 3.21. The highest BCUT2D eigenvalue weighted by Crippen LogP contribution is 2.47. The number of aliphatic hydroxyl groups excluding tert-OH is 5. The first kappa shape index (κ1) is 54.6. The van der Waals surface area contributed by atoms with Crippen LogP contribution >= 0.6 is 7.82 Å². The smallest absolute Gasteiger partial charge is 0.457 e. The Kier molecular flexibility index (Phi) is 34.1. The van der Waals surface area contributed by atoms with Crippen molar-refractivity contribution in [2.45, 2.75) is 224 Å². The average molecular weight is 847 g/mol. The van der Waals surface area contributed by atoms with Gasteiger partial charge in [0.15, 0.2) is 0 Å². The maximum absolute atomic E-state index is 12.8. The summed E-state index contributed by atoms with van der Waals surface area (Å²) in [6.07, 6.45) is 29.2. The zero-order valence-electron chi connectivity index (χ0n) is 36.1. The lowest BCUT2D eigenvalue weighted by atomic mass is 9.85. The zero-order valence-corrected chi connectivity index (χ0v) is 37.0. The predicted octanol–water partition coefficient (Wildman–Crippen LogP) is 9.09. The minimum atomic E-state index is -5.02. The summed E-state index contributed by atoms with van der Waals surface area (Å²) in [6, 6.07) is 0. The Balaban J connectivity index is 2.41. The Bertz CT molecular complexity index is 1100. The maximum atomic E-state index is 12.8. The summed E-state index contributed by atoms with van der Waals surface area (Å²) in [7, 11) is -5.02. The van der Waals surface area contributed by atoms with Gasteiger partial charge >= 0.3 is 13.8 Å². The molecule has 1 aliphatic rings. The van der Waals surface area contributed by atoms with Crippen molar-refractivity contribution in [3.8, 4) is 0 Å². The van der Waals surface area contributed by atoms with Gasteiger partial charge in [-0.05, 0) is 70.6 Å². The van der Waals surface area contributed by atoms with Crippen molar-refractivity contribution < 1.29 is 58.3 Å². The van der Waals surface area contributed by atoms with Gasteiger partial charge in [-0.2, -0.15) is 0 Å². The number of aliphatic hydroxyl groups is 5. The molecule has 0 saturated heterocycles. The number of ether oxygens (including phenoxy) is 2. The van der Waals surface area contributed by atoms with E-state index < -0.39 is 63.1 Å². The van der Waals surface area contributed by atoms with Crippen LogP contribution in [0.5, 0.6) is 0 Å². The van der Waals surface area contributed by atoms with Crippen LogP contribution in [-0.4, -0.2) is 98.9 Å². The molecule has 0 aromatic carbocycles. The fraction of sp³-hybridized carbons (Fsp3) is 0.844. The molecular weight excluding hydrogens is 763 g/mol. The van der Waals surface area contributed by atoms with Crippen molar-refractivity contribution in [2.24, 2.45) is 0 Å². The van der Waals surface area contributed by atoms with E-state index in [9.17, 15) is 39.8 Å². The van der Waals surface area contributed by atoms with Crippen molar-refractivity contribution >= 4 is 13.8 Å². The molecule has 12 nitrogen and oxygen atoms in total. The van der Waals surface area contributed by atoms with Crippen molar-refractivity contribution in [2.75, 3.05) is 19.8 Å². The SMILES string of the molecule is CCCCC/C=C\C/C=C\CCCCCCCCCC(=O)OC(COCCCCCCCC/C=C\CCCCCC)COP(=O)(O)OC1C(O)C(O)C(O)C(O)C1O. The summed E-state index contributed by atoms with van der Waals surface area (Å²) < 4.78 is 34.1. The van der Waals surface area contributed by atoms with Gasteiger partial charge in [0.25, 0.3) is 0 Å². The molecule has 1 aliphatic carbocycles. The molecular formula is C45H83O12P. The quantitative estimate of drug-likeness (QED) is 0.0150. The summed E-state index contributed by atoms with van der Waals surface area (Å²) in [6.45, 7) is 4.20. The standard InChI is InChI=1S/C45H83O12P/c1-3-5-7-9-11-13-15-17-19-20-21-22-24-26-28-30-32-34-39(46)56-38(36-54-35-33-31-29-27-25-23-18-16-14-12-10-8-6-4-2)37-55-58(52,53)57-45-43(50)41(48)40(47)42(49)44(45)51/h11,13-14,16-17,19,38,40-45,47-51H,3-10,12,15,18,20-37H2,1-2H3,(H,52,53)/b13-11-,16-14-,19-17-. The van der Waals surface area contributed by atoms with Crippen LogP contribution in [0.15, 0.2) is 36.5 Å². The van der Waals surface area contributed by atoms with Gasteiger partial charge in [0.05, 0.1) is 13.2 Å². The van der Waals surface area contributed by atoms with Crippen LogP contribution in [0.2, 0.25) is 0 Å². The molecule has 1 rings (SSSR count). The van der Waals surface area contributed by atoms with Crippen LogP contribution < -0.4 is 0 Å². The van der Waals surface area contributed by atoms with Gasteiger partial charge in [-0.1, -0.05) is 140 Å². The molecule has 0 aromatic rings. The molecule has 13 heteroatoms. The van der Waals surface area contributed by atoms with Gasteiger partial charge in [-0.15, -0.1) is 0 Å². The highest BCUT2D eigenvalue weighted by Gasteiger charge is 2.51. The first-order chi connectivity index (χ1) is 28.0. The second-order valence-corrected chi connectivity index (χ2v) is 17.3. The Morgan fingerprint density at radius 1 is 0.552 bits per heavy atom. The third-order valence-corrected chi connectivity index (χ3v) is 11.5. The third-order valence-electron chi connectivity index (χ3n) is 10.5. The van der Waals surface area contributed by atoms with E-state index in [1.165, 1.54) is 83.5 Å². The highest BCUT2D eigenvalue weighted by molar-refractivity contribution is 7.47. The summed E-state index contributed by atoms with van der Waals surface area (Å²) >= 11 is 0. The van der Waals surface area contributed by atoms with E-state index >= 15 is 0 Å². The number of unbranched alkanes of at least 4 members (excludes halogenated alkanes) is 20. The van der Waals surface area contributed by atoms with Gasteiger partial charge in [0.1, 0.15) is 42.7 Å². The second-order valence-electron chi connectivity index (χ2n) is 15.9. The van der Waals surface area contributed by atoms with Crippen LogP contribution in [0, 0.1) is 0 Å². The number of phosphoric acid groups is 1. The number of rotatable bonds is 38. The molecule has 0 amide bonds. The number of hydrogen-bond donors (Lipinski definition) is 6. The molecule has 1 fully saturated rings. The van der Waals surface area contributed by atoms with Gasteiger partial charge < -0.3 is 39.9 Å². The topological polar surface area (TPSA) is 192 Å². The Hall–Kier alpha value is -1.44. The van der Waals surface area contributed by atoms with Gasteiger partial charge in [0, 0.05) is 13.0 Å². The Morgan fingerprint density at radius 2 is 0.966 bits per heavy atom. The molecule has 0 spiro atoms. The molecule has 6 atom stereocenters. The van der Waals surface area contributed by atoms with E-state index in [1.807, 2.05) is 0 Å².